The van der Waals surface area contributed by atoms with Crippen molar-refractivity contribution >= 4 is 16.5 Å². The molecule has 18 heavy (non-hydrogen) atoms. The molecule has 1 aromatic carbocycles. The monoisotopic (exact) mass is 264 g/mol. The number of nitrogens with two attached hydrogens (primary N) is 1. The molecule has 0 bridgehead atoms. The van der Waals surface area contributed by atoms with Crippen LogP contribution >= 0.6 is 0 Å². The number of hydrogen-bond acceptors (Lipinski definition) is 4. The summed E-state index contributed by atoms with van der Waals surface area (Å²) in [5.74, 6) is 1.09. The van der Waals surface area contributed by atoms with Crippen LogP contribution in [0.4, 0.5) is 5.69 Å². The molecule has 1 fully saturated rings. The summed E-state index contributed by atoms with van der Waals surface area (Å²) in [4.78, 5) is 0.663. The third kappa shape index (κ3) is 2.65. The average molecular weight is 264 g/mol. The van der Waals surface area contributed by atoms with E-state index in [2.05, 4.69) is 6.07 Å². The topological polar surface area (TPSA) is 76.1 Å². The zero-order valence-electron chi connectivity index (χ0n) is 10.3. The minimum absolute atomic E-state index is 0.0357. The number of hydrogen-bond donors (Lipinski definition) is 1. The molecule has 2 N–H and O–H groups in total. The molecule has 1 saturated carbocycles. The van der Waals surface area contributed by atoms with Crippen LogP contribution in [0.3, 0.4) is 0 Å². The van der Waals surface area contributed by atoms with Crippen LogP contribution in [0.25, 0.3) is 0 Å². The average Bonchev–Trinajstić information content (AvgIpc) is 3.08. The second-order valence-corrected chi connectivity index (χ2v) is 6.15. The lowest BCUT2D eigenvalue weighted by atomic mass is 10.1. The summed E-state index contributed by atoms with van der Waals surface area (Å²) in [5, 5.41) is 8.77. The number of benzene rings is 1. The summed E-state index contributed by atoms with van der Waals surface area (Å²) in [6.45, 7) is 0. The molecule has 0 aromatic heterocycles. The number of nitriles is 1. The van der Waals surface area contributed by atoms with E-state index in [4.69, 9.17) is 15.7 Å². The van der Waals surface area contributed by atoms with Gasteiger partial charge in [0.25, 0.3) is 0 Å². The molecule has 2 rings (SSSR count). The molecule has 0 heterocycles. The molecule has 4 nitrogen and oxygen atoms in total. The first kappa shape index (κ1) is 12.9. The summed E-state index contributed by atoms with van der Waals surface area (Å²) < 4.78 is 17.6. The van der Waals surface area contributed by atoms with Crippen LogP contribution in [0.5, 0.6) is 5.75 Å². The molecule has 1 aliphatic rings. The Kier molecular flexibility index (Phi) is 3.58. The van der Waals surface area contributed by atoms with Crippen molar-refractivity contribution in [3.63, 3.8) is 0 Å². The van der Waals surface area contributed by atoms with Gasteiger partial charge in [-0.1, -0.05) is 0 Å². The van der Waals surface area contributed by atoms with Crippen LogP contribution in [0.1, 0.15) is 19.3 Å². The molecule has 96 valence electrons. The normalized spacial score (nSPS) is 17.8. The number of ether oxygens (including phenoxy) is 1. The Morgan fingerprint density at radius 3 is 2.83 bits per heavy atom. The van der Waals surface area contributed by atoms with Crippen molar-refractivity contribution in [3.05, 3.63) is 18.2 Å². The quantitative estimate of drug-likeness (QED) is 0.826. The Bertz CT molecular complexity index is 518. The SMILES string of the molecule is COc1cc(N)ccc1S(=O)CC1(CC#N)CC1. The molecule has 0 spiro atoms. The third-order valence-corrected chi connectivity index (χ3v) is 4.98. The van der Waals surface area contributed by atoms with Crippen LogP contribution in [0.15, 0.2) is 23.1 Å². The van der Waals surface area contributed by atoms with Gasteiger partial charge in [-0.3, -0.25) is 4.21 Å². The van der Waals surface area contributed by atoms with Crippen LogP contribution in [-0.2, 0) is 10.8 Å². The van der Waals surface area contributed by atoms with Gasteiger partial charge in [0.15, 0.2) is 0 Å². The summed E-state index contributed by atoms with van der Waals surface area (Å²) >= 11 is 0. The van der Waals surface area contributed by atoms with E-state index in [1.807, 2.05) is 0 Å². The van der Waals surface area contributed by atoms with E-state index in [1.54, 1.807) is 18.2 Å². The Labute approximate surface area is 109 Å². The molecule has 1 unspecified atom stereocenters. The Balaban J connectivity index is 2.17. The van der Waals surface area contributed by atoms with E-state index in [-0.39, 0.29) is 5.41 Å². The molecule has 1 atom stereocenters. The summed E-state index contributed by atoms with van der Waals surface area (Å²) in [5.41, 5.74) is 6.22. The maximum absolute atomic E-state index is 12.3. The smallest absolute Gasteiger partial charge is 0.137 e. The van der Waals surface area contributed by atoms with Gasteiger partial charge in [0.05, 0.1) is 28.9 Å². The fraction of sp³-hybridized carbons (Fsp3) is 0.462. The van der Waals surface area contributed by atoms with Gasteiger partial charge < -0.3 is 10.5 Å². The maximum atomic E-state index is 12.3. The first-order valence-electron chi connectivity index (χ1n) is 5.79. The van der Waals surface area contributed by atoms with Crippen LogP contribution in [0, 0.1) is 16.7 Å². The van der Waals surface area contributed by atoms with E-state index >= 15 is 0 Å². The van der Waals surface area contributed by atoms with Gasteiger partial charge in [-0.15, -0.1) is 0 Å². The molecule has 0 radical (unpaired) electrons. The maximum Gasteiger partial charge on any atom is 0.137 e. The number of anilines is 1. The van der Waals surface area contributed by atoms with Gasteiger partial charge in [0.1, 0.15) is 5.75 Å². The first-order chi connectivity index (χ1) is 8.60. The molecule has 1 aromatic rings. The largest absolute Gasteiger partial charge is 0.495 e. The molecule has 0 aliphatic heterocycles. The number of rotatable bonds is 5. The lowest BCUT2D eigenvalue weighted by Gasteiger charge is -2.13. The van der Waals surface area contributed by atoms with E-state index in [0.717, 1.165) is 12.8 Å². The summed E-state index contributed by atoms with van der Waals surface area (Å²) in [6, 6.07) is 7.32. The summed E-state index contributed by atoms with van der Waals surface area (Å²) in [7, 11) is 0.396. The minimum atomic E-state index is -1.14. The molecule has 5 heteroatoms. The van der Waals surface area contributed by atoms with Crippen molar-refractivity contribution in [1.29, 1.82) is 5.26 Å². The van der Waals surface area contributed by atoms with E-state index in [1.165, 1.54) is 7.11 Å². The molecular weight excluding hydrogens is 248 g/mol. The molecular formula is C13H16N2O2S. The van der Waals surface area contributed by atoms with Gasteiger partial charge in [-0.05, 0) is 30.4 Å². The van der Waals surface area contributed by atoms with Gasteiger partial charge >= 0.3 is 0 Å². The lowest BCUT2D eigenvalue weighted by Crippen LogP contribution is -2.12. The van der Waals surface area contributed by atoms with Crippen molar-refractivity contribution in [2.75, 3.05) is 18.6 Å². The van der Waals surface area contributed by atoms with Gasteiger partial charge in [0.2, 0.25) is 0 Å². The highest BCUT2D eigenvalue weighted by molar-refractivity contribution is 7.85. The Hall–Kier alpha value is -1.54. The minimum Gasteiger partial charge on any atom is -0.495 e. The van der Waals surface area contributed by atoms with Crippen molar-refractivity contribution in [1.82, 2.24) is 0 Å². The first-order valence-corrected chi connectivity index (χ1v) is 7.11. The van der Waals surface area contributed by atoms with Crippen LogP contribution in [-0.4, -0.2) is 17.1 Å². The fourth-order valence-corrected chi connectivity index (χ4v) is 3.63. The number of methoxy groups -OCH3 is 1. The highest BCUT2D eigenvalue weighted by Crippen LogP contribution is 2.50. The van der Waals surface area contributed by atoms with Gasteiger partial charge in [0, 0.05) is 23.9 Å². The Morgan fingerprint density at radius 1 is 1.56 bits per heavy atom. The van der Waals surface area contributed by atoms with E-state index in [9.17, 15) is 4.21 Å². The molecule has 0 amide bonds. The predicted molar refractivity (Wildman–Crippen MR) is 70.6 cm³/mol. The van der Waals surface area contributed by atoms with Crippen molar-refractivity contribution in [2.24, 2.45) is 5.41 Å². The zero-order chi connectivity index (χ0) is 13.2. The second kappa shape index (κ2) is 4.99. The Morgan fingerprint density at radius 2 is 2.28 bits per heavy atom. The van der Waals surface area contributed by atoms with Crippen LogP contribution in [0.2, 0.25) is 0 Å². The molecule has 1 aliphatic carbocycles. The standard InChI is InChI=1S/C13H16N2O2S/c1-17-11-8-10(15)2-3-12(11)18(16)9-13(4-5-13)6-7-14/h2-3,8H,4-6,9,15H2,1H3. The number of nitrogen functional groups attached to an aromatic ring is 1. The predicted octanol–water partition coefficient (Wildman–Crippen LogP) is 2.08. The van der Waals surface area contributed by atoms with Gasteiger partial charge in [-0.25, -0.2) is 0 Å². The van der Waals surface area contributed by atoms with Crippen LogP contribution < -0.4 is 10.5 Å². The highest BCUT2D eigenvalue weighted by Gasteiger charge is 2.44. The van der Waals surface area contributed by atoms with Crippen molar-refractivity contribution < 1.29 is 8.95 Å². The van der Waals surface area contributed by atoms with Crippen molar-refractivity contribution in [3.8, 4) is 11.8 Å². The van der Waals surface area contributed by atoms with E-state index < -0.39 is 10.8 Å². The van der Waals surface area contributed by atoms with E-state index in [0.29, 0.717) is 28.5 Å². The summed E-state index contributed by atoms with van der Waals surface area (Å²) in [6.07, 6.45) is 2.46. The highest BCUT2D eigenvalue weighted by atomic mass is 32.2. The lowest BCUT2D eigenvalue weighted by molar-refractivity contribution is 0.404. The fourth-order valence-electron chi connectivity index (χ4n) is 1.94. The van der Waals surface area contributed by atoms with Gasteiger partial charge in [-0.2, -0.15) is 5.26 Å². The zero-order valence-corrected chi connectivity index (χ0v) is 11.1. The number of nitrogens with zero attached hydrogens (tertiary/aromatic N) is 1. The molecule has 0 saturated heterocycles. The van der Waals surface area contributed by atoms with Crippen molar-refractivity contribution in [2.45, 2.75) is 24.2 Å². The third-order valence-electron chi connectivity index (χ3n) is 3.28. The second-order valence-electron chi connectivity index (χ2n) is 4.74.